The van der Waals surface area contributed by atoms with Gasteiger partial charge in [0.25, 0.3) is 0 Å². The summed E-state index contributed by atoms with van der Waals surface area (Å²) in [5.74, 6) is -0.948. The first-order chi connectivity index (χ1) is 13.5. The molecule has 0 bridgehead atoms. The third-order valence-electron chi connectivity index (χ3n) is 5.33. The number of carbonyl (C=O) groups excluding carboxylic acids is 2. The average molecular weight is 392 g/mol. The van der Waals surface area contributed by atoms with Gasteiger partial charge in [0.2, 0.25) is 11.8 Å². The highest BCUT2D eigenvalue weighted by Crippen LogP contribution is 2.17. The van der Waals surface area contributed by atoms with E-state index >= 15 is 0 Å². The van der Waals surface area contributed by atoms with E-state index in [0.29, 0.717) is 11.8 Å². The average Bonchev–Trinajstić information content (AvgIpc) is 3.18. The Morgan fingerprint density at radius 2 is 1.82 bits per heavy atom. The first kappa shape index (κ1) is 20.7. The molecule has 1 aromatic carbocycles. The minimum atomic E-state index is -0.470. The quantitative estimate of drug-likeness (QED) is 0.709. The van der Waals surface area contributed by atoms with Crippen LogP contribution in [0.4, 0.5) is 10.1 Å². The van der Waals surface area contributed by atoms with Crippen LogP contribution in [0, 0.1) is 5.82 Å². The summed E-state index contributed by atoms with van der Waals surface area (Å²) in [7, 11) is 0. The lowest BCUT2D eigenvalue weighted by Gasteiger charge is -2.36. The molecule has 1 unspecified atom stereocenters. The Balaban J connectivity index is 1.52. The van der Waals surface area contributed by atoms with Crippen LogP contribution in [-0.2, 0) is 14.3 Å². The molecule has 0 radical (unpaired) electrons. The van der Waals surface area contributed by atoms with Crippen LogP contribution in [0.2, 0.25) is 0 Å². The Kier molecular flexibility index (Phi) is 7.36. The lowest BCUT2D eigenvalue weighted by molar-refractivity contribution is -0.120. The van der Waals surface area contributed by atoms with Crippen molar-refractivity contribution in [2.45, 2.75) is 25.4 Å². The Morgan fingerprint density at radius 1 is 1.14 bits per heavy atom. The molecule has 2 saturated heterocycles. The molecule has 0 saturated carbocycles. The van der Waals surface area contributed by atoms with Crippen molar-refractivity contribution < 1.29 is 18.7 Å². The topological polar surface area (TPSA) is 79.1 Å². The second kappa shape index (κ2) is 9.95. The van der Waals surface area contributed by atoms with Gasteiger partial charge in [0, 0.05) is 58.0 Å². The van der Waals surface area contributed by atoms with E-state index in [1.165, 1.54) is 17.0 Å². The second-order valence-corrected chi connectivity index (χ2v) is 7.45. The molecule has 1 atom stereocenters. The Morgan fingerprint density at radius 3 is 2.43 bits per heavy atom. The summed E-state index contributed by atoms with van der Waals surface area (Å²) in [6.07, 6.45) is 2.68. The number of amides is 2. The zero-order chi connectivity index (χ0) is 19.9. The largest absolute Gasteiger partial charge is 0.377 e. The van der Waals surface area contributed by atoms with E-state index in [1.807, 2.05) is 0 Å². The van der Waals surface area contributed by atoms with Crippen LogP contribution in [0.15, 0.2) is 24.3 Å². The lowest BCUT2D eigenvalue weighted by atomic mass is 10.2. The van der Waals surface area contributed by atoms with Crippen molar-refractivity contribution in [1.82, 2.24) is 9.80 Å². The summed E-state index contributed by atoms with van der Waals surface area (Å²) < 4.78 is 18.9. The van der Waals surface area contributed by atoms with Gasteiger partial charge in [-0.15, -0.1) is 0 Å². The number of hydrogen-bond donors (Lipinski definition) is 1. The van der Waals surface area contributed by atoms with Gasteiger partial charge in [0.15, 0.2) is 0 Å². The van der Waals surface area contributed by atoms with Gasteiger partial charge in [-0.05, 0) is 37.1 Å². The van der Waals surface area contributed by atoms with Gasteiger partial charge < -0.3 is 15.4 Å². The SMILES string of the molecule is NC(=O)CCN(C(=O)CN1CCN(CC2CCCO2)CC1)c1ccc(F)cc1. The number of benzene rings is 1. The van der Waals surface area contributed by atoms with Crippen molar-refractivity contribution in [2.24, 2.45) is 5.73 Å². The van der Waals surface area contributed by atoms with Crippen molar-refractivity contribution in [3.8, 4) is 0 Å². The molecule has 3 rings (SSSR count). The molecule has 2 aliphatic heterocycles. The summed E-state index contributed by atoms with van der Waals surface area (Å²) in [6, 6.07) is 5.72. The minimum Gasteiger partial charge on any atom is -0.377 e. The Labute approximate surface area is 165 Å². The van der Waals surface area contributed by atoms with Gasteiger partial charge in [-0.25, -0.2) is 4.39 Å². The molecule has 154 valence electrons. The second-order valence-electron chi connectivity index (χ2n) is 7.45. The fraction of sp³-hybridized carbons (Fsp3) is 0.600. The summed E-state index contributed by atoms with van der Waals surface area (Å²) in [5.41, 5.74) is 5.82. The van der Waals surface area contributed by atoms with Crippen LogP contribution >= 0.6 is 0 Å². The van der Waals surface area contributed by atoms with Gasteiger partial charge in [-0.3, -0.25) is 19.4 Å². The highest BCUT2D eigenvalue weighted by atomic mass is 19.1. The molecule has 8 heteroatoms. The number of anilines is 1. The maximum Gasteiger partial charge on any atom is 0.241 e. The van der Waals surface area contributed by atoms with E-state index in [4.69, 9.17) is 10.5 Å². The predicted molar refractivity (Wildman–Crippen MR) is 104 cm³/mol. The number of nitrogens with zero attached hydrogens (tertiary/aromatic N) is 3. The van der Waals surface area contributed by atoms with E-state index < -0.39 is 5.91 Å². The van der Waals surface area contributed by atoms with Crippen molar-refractivity contribution in [3.05, 3.63) is 30.1 Å². The third kappa shape index (κ3) is 5.98. The predicted octanol–water partition coefficient (Wildman–Crippen LogP) is 0.831. The molecule has 1 aromatic rings. The number of carbonyl (C=O) groups is 2. The Bertz CT molecular complexity index is 656. The normalized spacial score (nSPS) is 21.0. The molecular weight excluding hydrogens is 363 g/mol. The summed E-state index contributed by atoms with van der Waals surface area (Å²) in [4.78, 5) is 30.1. The molecule has 2 N–H and O–H groups in total. The van der Waals surface area contributed by atoms with Crippen LogP contribution in [0.1, 0.15) is 19.3 Å². The van der Waals surface area contributed by atoms with Crippen molar-refractivity contribution in [3.63, 3.8) is 0 Å². The van der Waals surface area contributed by atoms with Crippen LogP contribution < -0.4 is 10.6 Å². The maximum atomic E-state index is 13.2. The number of piperazine rings is 1. The van der Waals surface area contributed by atoms with Crippen molar-refractivity contribution in [2.75, 3.05) is 57.3 Å². The molecule has 7 nitrogen and oxygen atoms in total. The van der Waals surface area contributed by atoms with Gasteiger partial charge in [0.1, 0.15) is 5.82 Å². The number of ether oxygens (including phenoxy) is 1. The Hall–Kier alpha value is -2.03. The number of primary amides is 1. The van der Waals surface area contributed by atoms with E-state index in [1.54, 1.807) is 12.1 Å². The highest BCUT2D eigenvalue weighted by Gasteiger charge is 2.25. The number of hydrogen-bond acceptors (Lipinski definition) is 5. The summed E-state index contributed by atoms with van der Waals surface area (Å²) in [5, 5.41) is 0. The fourth-order valence-corrected chi connectivity index (χ4v) is 3.72. The zero-order valence-electron chi connectivity index (χ0n) is 16.2. The first-order valence-electron chi connectivity index (χ1n) is 9.92. The molecule has 0 aliphatic carbocycles. The molecule has 2 heterocycles. The molecule has 2 aliphatic rings. The van der Waals surface area contributed by atoms with Crippen LogP contribution in [0.25, 0.3) is 0 Å². The third-order valence-corrected chi connectivity index (χ3v) is 5.33. The van der Waals surface area contributed by atoms with Crippen molar-refractivity contribution in [1.29, 1.82) is 0 Å². The fourth-order valence-electron chi connectivity index (χ4n) is 3.72. The van der Waals surface area contributed by atoms with Crippen LogP contribution in [-0.4, -0.2) is 80.1 Å². The molecular formula is C20H29FN4O3. The standard InChI is InChI=1S/C20H29FN4O3/c21-16-3-5-17(6-4-16)25(8-7-19(22)26)20(27)15-24-11-9-23(10-12-24)14-18-2-1-13-28-18/h3-6,18H,1-2,7-15H2,(H2,22,26). The van der Waals surface area contributed by atoms with E-state index in [0.717, 1.165) is 52.2 Å². The van der Waals surface area contributed by atoms with Crippen LogP contribution in [0.3, 0.4) is 0 Å². The van der Waals surface area contributed by atoms with Gasteiger partial charge in [0.05, 0.1) is 12.6 Å². The monoisotopic (exact) mass is 392 g/mol. The van der Waals surface area contributed by atoms with Gasteiger partial charge in [-0.2, -0.15) is 0 Å². The summed E-state index contributed by atoms with van der Waals surface area (Å²) >= 11 is 0. The van der Waals surface area contributed by atoms with Gasteiger partial charge >= 0.3 is 0 Å². The molecule has 0 aromatic heterocycles. The summed E-state index contributed by atoms with van der Waals surface area (Å²) in [6.45, 7) is 5.72. The van der Waals surface area contributed by atoms with E-state index in [2.05, 4.69) is 9.80 Å². The van der Waals surface area contributed by atoms with Crippen LogP contribution in [0.5, 0.6) is 0 Å². The van der Waals surface area contributed by atoms with E-state index in [9.17, 15) is 14.0 Å². The smallest absolute Gasteiger partial charge is 0.241 e. The number of nitrogens with two attached hydrogens (primary N) is 1. The van der Waals surface area contributed by atoms with Gasteiger partial charge in [-0.1, -0.05) is 0 Å². The number of rotatable bonds is 8. The van der Waals surface area contributed by atoms with Crippen molar-refractivity contribution >= 4 is 17.5 Å². The lowest BCUT2D eigenvalue weighted by Crippen LogP contribution is -2.51. The minimum absolute atomic E-state index is 0.0677. The molecule has 0 spiro atoms. The highest BCUT2D eigenvalue weighted by molar-refractivity contribution is 5.95. The molecule has 2 amide bonds. The first-order valence-corrected chi connectivity index (χ1v) is 9.92. The molecule has 2 fully saturated rings. The van der Waals surface area contributed by atoms with E-state index in [-0.39, 0.29) is 31.2 Å². The molecule has 28 heavy (non-hydrogen) atoms. The number of halogens is 1. The zero-order valence-corrected chi connectivity index (χ0v) is 16.2. The maximum absolute atomic E-state index is 13.2.